The van der Waals surface area contributed by atoms with Gasteiger partial charge in [0.2, 0.25) is 0 Å². The van der Waals surface area contributed by atoms with E-state index in [-0.39, 0.29) is 0 Å². The molecule has 3 aromatic rings. The largest absolute Gasteiger partial charge is 0.298 e. The van der Waals surface area contributed by atoms with Gasteiger partial charge in [0.15, 0.2) is 0 Å². The number of rotatable bonds is 2. The molecule has 88 valence electrons. The zero-order valence-corrected chi connectivity index (χ0v) is 10.00. The summed E-state index contributed by atoms with van der Waals surface area (Å²) in [4.78, 5) is 10.7. The van der Waals surface area contributed by atoms with Crippen molar-refractivity contribution in [2.75, 3.05) is 0 Å². The van der Waals surface area contributed by atoms with Crippen molar-refractivity contribution in [3.05, 3.63) is 59.8 Å². The number of carbonyl (C=O) groups excluding carboxylic acids is 1. The number of pyridine rings is 1. The van der Waals surface area contributed by atoms with Crippen LogP contribution in [0.2, 0.25) is 0 Å². The van der Waals surface area contributed by atoms with Crippen LogP contribution in [0.25, 0.3) is 16.8 Å². The minimum atomic E-state index is 0.665. The Labute approximate surface area is 105 Å². The van der Waals surface area contributed by atoms with Crippen LogP contribution in [0.4, 0.5) is 0 Å². The number of nitrogens with zero attached hydrogens (tertiary/aromatic N) is 2. The molecule has 2 aromatic heterocycles. The summed E-state index contributed by atoms with van der Waals surface area (Å²) < 4.78 is 1.78. The molecule has 0 fully saturated rings. The van der Waals surface area contributed by atoms with Crippen LogP contribution in [0.1, 0.15) is 15.9 Å². The van der Waals surface area contributed by atoms with E-state index in [0.717, 1.165) is 23.1 Å². The number of carbonyl (C=O) groups is 1. The molecular formula is C15H12N2O. The van der Waals surface area contributed by atoms with Gasteiger partial charge in [-0.25, -0.2) is 4.52 Å². The van der Waals surface area contributed by atoms with Gasteiger partial charge in [0.25, 0.3) is 0 Å². The molecule has 0 aliphatic heterocycles. The number of aromatic nitrogens is 2. The maximum atomic E-state index is 10.7. The van der Waals surface area contributed by atoms with Crippen LogP contribution in [0.5, 0.6) is 0 Å². The summed E-state index contributed by atoms with van der Waals surface area (Å²) in [6.07, 6.45) is 2.65. The minimum absolute atomic E-state index is 0.665. The van der Waals surface area contributed by atoms with Crippen LogP contribution < -0.4 is 0 Å². The van der Waals surface area contributed by atoms with Crippen LogP contribution in [0.3, 0.4) is 0 Å². The Morgan fingerprint density at radius 2 is 2.06 bits per heavy atom. The predicted octanol–water partition coefficient (Wildman–Crippen LogP) is 3.12. The molecule has 0 aliphatic rings. The van der Waals surface area contributed by atoms with Gasteiger partial charge in [0.1, 0.15) is 6.29 Å². The SMILES string of the molecule is Cc1cccc(-c2cc3cc(C=O)ccn3n2)c1. The molecule has 0 spiro atoms. The fourth-order valence-corrected chi connectivity index (χ4v) is 2.03. The molecule has 1 aromatic carbocycles. The lowest BCUT2D eigenvalue weighted by Crippen LogP contribution is -1.88. The van der Waals surface area contributed by atoms with E-state index >= 15 is 0 Å². The summed E-state index contributed by atoms with van der Waals surface area (Å²) in [5.41, 5.74) is 4.81. The van der Waals surface area contributed by atoms with Gasteiger partial charge in [-0.2, -0.15) is 5.10 Å². The average Bonchev–Trinajstić information content (AvgIpc) is 2.81. The van der Waals surface area contributed by atoms with E-state index in [2.05, 4.69) is 24.2 Å². The summed E-state index contributed by atoms with van der Waals surface area (Å²) in [6, 6.07) is 13.8. The monoisotopic (exact) mass is 236 g/mol. The Morgan fingerprint density at radius 3 is 2.83 bits per heavy atom. The highest BCUT2D eigenvalue weighted by Gasteiger charge is 2.04. The van der Waals surface area contributed by atoms with Crippen molar-refractivity contribution in [3.63, 3.8) is 0 Å². The Kier molecular flexibility index (Phi) is 2.45. The molecule has 0 saturated carbocycles. The summed E-state index contributed by atoms with van der Waals surface area (Å²) in [5.74, 6) is 0. The van der Waals surface area contributed by atoms with Gasteiger partial charge in [0, 0.05) is 17.3 Å². The van der Waals surface area contributed by atoms with Crippen molar-refractivity contribution in [1.82, 2.24) is 9.61 Å². The van der Waals surface area contributed by atoms with Gasteiger partial charge in [-0.1, -0.05) is 23.8 Å². The van der Waals surface area contributed by atoms with Gasteiger partial charge in [-0.15, -0.1) is 0 Å². The molecule has 0 N–H and O–H groups in total. The highest BCUT2D eigenvalue weighted by molar-refractivity contribution is 5.78. The minimum Gasteiger partial charge on any atom is -0.298 e. The van der Waals surface area contributed by atoms with E-state index in [0.29, 0.717) is 5.56 Å². The molecule has 3 heteroatoms. The van der Waals surface area contributed by atoms with Gasteiger partial charge in [-0.3, -0.25) is 4.79 Å². The molecule has 0 atom stereocenters. The summed E-state index contributed by atoms with van der Waals surface area (Å²) >= 11 is 0. The van der Waals surface area contributed by atoms with Crippen LogP contribution in [0, 0.1) is 6.92 Å². The van der Waals surface area contributed by atoms with Gasteiger partial charge >= 0.3 is 0 Å². The van der Waals surface area contributed by atoms with E-state index in [4.69, 9.17) is 0 Å². The van der Waals surface area contributed by atoms with Gasteiger partial charge in [0.05, 0.1) is 11.2 Å². The average molecular weight is 236 g/mol. The van der Waals surface area contributed by atoms with Crippen molar-refractivity contribution < 1.29 is 4.79 Å². The summed E-state index contributed by atoms with van der Waals surface area (Å²) in [5, 5.41) is 4.50. The second-order valence-corrected chi connectivity index (χ2v) is 4.35. The number of benzene rings is 1. The fraction of sp³-hybridized carbons (Fsp3) is 0.0667. The Balaban J connectivity index is 2.16. The van der Waals surface area contributed by atoms with Crippen LogP contribution in [-0.4, -0.2) is 15.9 Å². The maximum Gasteiger partial charge on any atom is 0.150 e. The van der Waals surface area contributed by atoms with Crippen LogP contribution >= 0.6 is 0 Å². The van der Waals surface area contributed by atoms with Crippen molar-refractivity contribution in [1.29, 1.82) is 0 Å². The third kappa shape index (κ3) is 1.80. The van der Waals surface area contributed by atoms with E-state index < -0.39 is 0 Å². The number of fused-ring (bicyclic) bond motifs is 1. The molecule has 0 unspecified atom stereocenters. The van der Waals surface area contributed by atoms with Crippen molar-refractivity contribution in [2.45, 2.75) is 6.92 Å². The van der Waals surface area contributed by atoms with Gasteiger partial charge in [-0.05, 0) is 31.2 Å². The Bertz CT molecular complexity index is 728. The first-order chi connectivity index (χ1) is 8.76. The molecular weight excluding hydrogens is 224 g/mol. The van der Waals surface area contributed by atoms with E-state index in [9.17, 15) is 4.79 Å². The third-order valence-electron chi connectivity index (χ3n) is 2.94. The standard InChI is InChI=1S/C15H12N2O/c1-11-3-2-4-13(7-11)15-9-14-8-12(10-18)5-6-17(14)16-15/h2-10H,1H3. The van der Waals surface area contributed by atoms with Crippen molar-refractivity contribution in [3.8, 4) is 11.3 Å². The molecule has 0 bridgehead atoms. The molecule has 3 rings (SSSR count). The highest BCUT2D eigenvalue weighted by Crippen LogP contribution is 2.20. The molecule has 0 aliphatic carbocycles. The van der Waals surface area contributed by atoms with E-state index in [1.54, 1.807) is 16.8 Å². The topological polar surface area (TPSA) is 34.4 Å². The maximum absolute atomic E-state index is 10.7. The Morgan fingerprint density at radius 1 is 1.17 bits per heavy atom. The quantitative estimate of drug-likeness (QED) is 0.641. The summed E-state index contributed by atoms with van der Waals surface area (Å²) in [7, 11) is 0. The zero-order chi connectivity index (χ0) is 12.5. The first-order valence-electron chi connectivity index (χ1n) is 5.78. The fourth-order valence-electron chi connectivity index (χ4n) is 2.03. The summed E-state index contributed by atoms with van der Waals surface area (Å²) in [6.45, 7) is 2.06. The number of aldehydes is 1. The van der Waals surface area contributed by atoms with E-state index in [1.807, 2.05) is 24.3 Å². The second-order valence-electron chi connectivity index (χ2n) is 4.35. The molecule has 0 amide bonds. The van der Waals surface area contributed by atoms with Gasteiger partial charge < -0.3 is 0 Å². The van der Waals surface area contributed by atoms with Crippen molar-refractivity contribution in [2.24, 2.45) is 0 Å². The number of hydrogen-bond acceptors (Lipinski definition) is 2. The molecule has 3 nitrogen and oxygen atoms in total. The number of aryl methyl sites for hydroxylation is 1. The van der Waals surface area contributed by atoms with E-state index in [1.165, 1.54) is 5.56 Å². The van der Waals surface area contributed by atoms with Crippen LogP contribution in [0.15, 0.2) is 48.7 Å². The first kappa shape index (κ1) is 10.7. The second kappa shape index (κ2) is 4.11. The smallest absolute Gasteiger partial charge is 0.150 e. The lowest BCUT2D eigenvalue weighted by atomic mass is 10.1. The Hall–Kier alpha value is -2.42. The normalized spacial score (nSPS) is 10.7. The lowest BCUT2D eigenvalue weighted by molar-refractivity contribution is 0.112. The zero-order valence-electron chi connectivity index (χ0n) is 10.00. The first-order valence-corrected chi connectivity index (χ1v) is 5.78. The van der Waals surface area contributed by atoms with Crippen LogP contribution in [-0.2, 0) is 0 Å². The highest BCUT2D eigenvalue weighted by atomic mass is 16.1. The van der Waals surface area contributed by atoms with Crippen molar-refractivity contribution >= 4 is 11.8 Å². The lowest BCUT2D eigenvalue weighted by Gasteiger charge is -1.97. The predicted molar refractivity (Wildman–Crippen MR) is 70.8 cm³/mol. The third-order valence-corrected chi connectivity index (χ3v) is 2.94. The molecule has 18 heavy (non-hydrogen) atoms. The molecule has 0 radical (unpaired) electrons. The number of hydrogen-bond donors (Lipinski definition) is 0. The molecule has 0 saturated heterocycles. The molecule has 2 heterocycles.